The quantitative estimate of drug-likeness (QED) is 0.677. The lowest BCUT2D eigenvalue weighted by Crippen LogP contribution is -2.50. The lowest BCUT2D eigenvalue weighted by Gasteiger charge is -2.35. The Bertz CT molecular complexity index is 293. The van der Waals surface area contributed by atoms with Gasteiger partial charge in [-0.3, -0.25) is 9.59 Å². The molecule has 0 aromatic rings. The van der Waals surface area contributed by atoms with E-state index in [9.17, 15) is 9.59 Å². The molecule has 1 saturated carbocycles. The van der Waals surface area contributed by atoms with E-state index < -0.39 is 12.0 Å². The molecule has 0 spiro atoms. The molecule has 0 aromatic carbocycles. The fourth-order valence-corrected chi connectivity index (χ4v) is 2.36. The summed E-state index contributed by atoms with van der Waals surface area (Å²) in [6.07, 6.45) is 2.93. The highest BCUT2D eigenvalue weighted by atomic mass is 16.4. The average Bonchev–Trinajstić information content (AvgIpc) is 2.23. The molecule has 4 unspecified atom stereocenters. The molecule has 5 heteroatoms. The molecule has 5 nitrogen and oxygen atoms in total. The van der Waals surface area contributed by atoms with Gasteiger partial charge in [0.25, 0.3) is 0 Å². The fraction of sp³-hybridized carbons (Fsp3) is 0.833. The van der Waals surface area contributed by atoms with E-state index in [-0.39, 0.29) is 18.4 Å². The number of carboxylic acid groups (broad SMARTS) is 1. The smallest absolute Gasteiger partial charge is 0.305 e. The molecule has 98 valence electrons. The second-order valence-corrected chi connectivity index (χ2v) is 5.09. The number of nitrogens with one attached hydrogen (secondary N) is 1. The maximum absolute atomic E-state index is 11.7. The number of rotatable bonds is 4. The first-order chi connectivity index (χ1) is 7.91. The minimum absolute atomic E-state index is 0.131. The van der Waals surface area contributed by atoms with E-state index in [2.05, 4.69) is 19.2 Å². The fourth-order valence-electron chi connectivity index (χ4n) is 2.36. The van der Waals surface area contributed by atoms with Crippen molar-refractivity contribution in [1.82, 2.24) is 5.32 Å². The molecule has 0 bridgehead atoms. The van der Waals surface area contributed by atoms with Gasteiger partial charge in [-0.15, -0.1) is 0 Å². The minimum atomic E-state index is -1.04. The Kier molecular flexibility index (Phi) is 4.93. The first kappa shape index (κ1) is 14.0. The maximum atomic E-state index is 11.7. The van der Waals surface area contributed by atoms with Gasteiger partial charge < -0.3 is 16.2 Å². The first-order valence-corrected chi connectivity index (χ1v) is 6.19. The molecule has 1 fully saturated rings. The van der Waals surface area contributed by atoms with Crippen LogP contribution in [0.25, 0.3) is 0 Å². The molecule has 1 aliphatic carbocycles. The average molecular weight is 242 g/mol. The summed E-state index contributed by atoms with van der Waals surface area (Å²) in [5, 5.41) is 11.4. The van der Waals surface area contributed by atoms with Gasteiger partial charge >= 0.3 is 5.97 Å². The Morgan fingerprint density at radius 1 is 1.41 bits per heavy atom. The van der Waals surface area contributed by atoms with Crippen molar-refractivity contribution < 1.29 is 14.7 Å². The number of amides is 1. The molecule has 17 heavy (non-hydrogen) atoms. The highest BCUT2D eigenvalue weighted by molar-refractivity contribution is 5.86. The van der Waals surface area contributed by atoms with Crippen LogP contribution in [0.15, 0.2) is 0 Å². The second kappa shape index (κ2) is 6.00. The van der Waals surface area contributed by atoms with Gasteiger partial charge in [-0.1, -0.05) is 26.7 Å². The summed E-state index contributed by atoms with van der Waals surface area (Å²) in [4.78, 5) is 22.2. The van der Waals surface area contributed by atoms with Crippen LogP contribution in [0, 0.1) is 11.8 Å². The third kappa shape index (κ3) is 4.00. The van der Waals surface area contributed by atoms with Gasteiger partial charge in [0, 0.05) is 6.04 Å². The molecule has 4 N–H and O–H groups in total. The first-order valence-electron chi connectivity index (χ1n) is 6.19. The Morgan fingerprint density at radius 3 is 2.65 bits per heavy atom. The SMILES string of the molecule is CC1CCCC(NC(=O)C(N)CC(=O)O)C1C. The number of carboxylic acids is 1. The molecular weight excluding hydrogens is 220 g/mol. The van der Waals surface area contributed by atoms with Crippen molar-refractivity contribution in [2.45, 2.75) is 51.6 Å². The number of hydrogen-bond donors (Lipinski definition) is 3. The molecule has 4 atom stereocenters. The van der Waals surface area contributed by atoms with Crippen LogP contribution in [0.3, 0.4) is 0 Å². The number of aliphatic carboxylic acids is 1. The molecular formula is C12H22N2O3. The normalized spacial score (nSPS) is 30.6. The molecule has 0 aromatic heterocycles. The third-order valence-electron chi connectivity index (χ3n) is 3.77. The molecule has 1 amide bonds. The summed E-state index contributed by atoms with van der Waals surface area (Å²) in [5.74, 6) is -0.384. The van der Waals surface area contributed by atoms with E-state index in [0.717, 1.165) is 12.8 Å². The predicted molar refractivity (Wildman–Crippen MR) is 64.3 cm³/mol. The zero-order valence-electron chi connectivity index (χ0n) is 10.5. The summed E-state index contributed by atoms with van der Waals surface area (Å²) in [6.45, 7) is 4.30. The van der Waals surface area contributed by atoms with Crippen molar-refractivity contribution in [3.8, 4) is 0 Å². The van der Waals surface area contributed by atoms with Gasteiger partial charge in [-0.05, 0) is 18.3 Å². The van der Waals surface area contributed by atoms with Gasteiger partial charge in [0.05, 0.1) is 12.5 Å². The Balaban J connectivity index is 2.47. The summed E-state index contributed by atoms with van der Waals surface area (Å²) >= 11 is 0. The monoisotopic (exact) mass is 242 g/mol. The molecule has 1 aliphatic rings. The summed E-state index contributed by atoms with van der Waals surface area (Å²) in [7, 11) is 0. The molecule has 0 radical (unpaired) electrons. The molecule has 1 rings (SSSR count). The van der Waals surface area contributed by atoms with Gasteiger partial charge in [0.2, 0.25) is 5.91 Å². The van der Waals surface area contributed by atoms with Crippen LogP contribution in [0.2, 0.25) is 0 Å². The molecule has 0 aliphatic heterocycles. The molecule has 0 saturated heterocycles. The van der Waals surface area contributed by atoms with Crippen LogP contribution in [-0.4, -0.2) is 29.1 Å². The highest BCUT2D eigenvalue weighted by Gasteiger charge is 2.29. The highest BCUT2D eigenvalue weighted by Crippen LogP contribution is 2.29. The van der Waals surface area contributed by atoms with E-state index in [4.69, 9.17) is 10.8 Å². The lowest BCUT2D eigenvalue weighted by molar-refractivity contribution is -0.139. The number of hydrogen-bond acceptors (Lipinski definition) is 3. The van der Waals surface area contributed by atoms with E-state index in [1.54, 1.807) is 0 Å². The number of carbonyl (C=O) groups is 2. The standard InChI is InChI=1S/C12H22N2O3/c1-7-4-3-5-10(8(7)2)14-12(17)9(13)6-11(15)16/h7-10H,3-6,13H2,1-2H3,(H,14,17)(H,15,16). The van der Waals surface area contributed by atoms with E-state index >= 15 is 0 Å². The third-order valence-corrected chi connectivity index (χ3v) is 3.77. The topological polar surface area (TPSA) is 92.4 Å². The van der Waals surface area contributed by atoms with Crippen LogP contribution < -0.4 is 11.1 Å². The zero-order chi connectivity index (χ0) is 13.0. The number of carbonyl (C=O) groups excluding carboxylic acids is 1. The van der Waals surface area contributed by atoms with Gasteiger partial charge in [0.15, 0.2) is 0 Å². The van der Waals surface area contributed by atoms with E-state index in [0.29, 0.717) is 11.8 Å². The van der Waals surface area contributed by atoms with Gasteiger partial charge in [-0.25, -0.2) is 0 Å². The molecule has 0 heterocycles. The van der Waals surface area contributed by atoms with Crippen molar-refractivity contribution in [3.05, 3.63) is 0 Å². The number of nitrogens with two attached hydrogens (primary N) is 1. The van der Waals surface area contributed by atoms with Crippen molar-refractivity contribution >= 4 is 11.9 Å². The Morgan fingerprint density at radius 2 is 2.06 bits per heavy atom. The van der Waals surface area contributed by atoms with Crippen molar-refractivity contribution in [1.29, 1.82) is 0 Å². The maximum Gasteiger partial charge on any atom is 0.305 e. The van der Waals surface area contributed by atoms with Gasteiger partial charge in [-0.2, -0.15) is 0 Å². The van der Waals surface area contributed by atoms with Gasteiger partial charge in [0.1, 0.15) is 0 Å². The van der Waals surface area contributed by atoms with Crippen LogP contribution in [0.1, 0.15) is 39.5 Å². The minimum Gasteiger partial charge on any atom is -0.481 e. The van der Waals surface area contributed by atoms with E-state index in [1.807, 2.05) is 0 Å². The van der Waals surface area contributed by atoms with Crippen molar-refractivity contribution in [2.75, 3.05) is 0 Å². The van der Waals surface area contributed by atoms with E-state index in [1.165, 1.54) is 6.42 Å². The Hall–Kier alpha value is -1.10. The van der Waals surface area contributed by atoms with Crippen LogP contribution >= 0.6 is 0 Å². The van der Waals surface area contributed by atoms with Crippen molar-refractivity contribution in [2.24, 2.45) is 17.6 Å². The summed E-state index contributed by atoms with van der Waals surface area (Å²) < 4.78 is 0. The lowest BCUT2D eigenvalue weighted by atomic mass is 9.78. The summed E-state index contributed by atoms with van der Waals surface area (Å²) in [5.41, 5.74) is 5.52. The van der Waals surface area contributed by atoms with Crippen LogP contribution in [0.5, 0.6) is 0 Å². The predicted octanol–water partition coefficient (Wildman–Crippen LogP) is 0.729. The van der Waals surface area contributed by atoms with Crippen LogP contribution in [0.4, 0.5) is 0 Å². The second-order valence-electron chi connectivity index (χ2n) is 5.09. The van der Waals surface area contributed by atoms with Crippen LogP contribution in [-0.2, 0) is 9.59 Å². The summed E-state index contributed by atoms with van der Waals surface area (Å²) in [6, 6.07) is -0.817. The largest absolute Gasteiger partial charge is 0.481 e. The van der Waals surface area contributed by atoms with Crippen molar-refractivity contribution in [3.63, 3.8) is 0 Å². The Labute approximate surface area is 102 Å². The zero-order valence-corrected chi connectivity index (χ0v) is 10.5.